The summed E-state index contributed by atoms with van der Waals surface area (Å²) in [4.78, 5) is 23.0. The van der Waals surface area contributed by atoms with Crippen LogP contribution in [0.1, 0.15) is 0 Å². The molecular formula is C17H16N4O3. The third kappa shape index (κ3) is 2.81. The van der Waals surface area contributed by atoms with E-state index in [1.807, 2.05) is 23.1 Å². The topological polar surface area (TPSA) is 80.5 Å². The molecule has 0 radical (unpaired) electrons. The van der Waals surface area contributed by atoms with Gasteiger partial charge in [-0.1, -0.05) is 6.07 Å². The Kier molecular flexibility index (Phi) is 3.84. The molecule has 1 fully saturated rings. The van der Waals surface area contributed by atoms with E-state index in [2.05, 4.69) is 15.3 Å². The van der Waals surface area contributed by atoms with Crippen molar-refractivity contribution >= 4 is 28.5 Å². The van der Waals surface area contributed by atoms with Crippen LogP contribution in [-0.4, -0.2) is 36.3 Å². The summed E-state index contributed by atoms with van der Waals surface area (Å²) in [5.41, 5.74) is 0.335. The lowest BCUT2D eigenvalue weighted by atomic mass is 10.2. The number of pyridine rings is 2. The average Bonchev–Trinajstić information content (AvgIpc) is 2.64. The number of hydrogen-bond donors (Lipinski definition) is 1. The Balaban J connectivity index is 1.79. The molecule has 0 aliphatic carbocycles. The Bertz CT molecular complexity index is 905. The van der Waals surface area contributed by atoms with Crippen molar-refractivity contribution < 1.29 is 9.15 Å². The van der Waals surface area contributed by atoms with Crippen molar-refractivity contribution in [2.75, 3.05) is 36.5 Å². The minimum Gasteiger partial charge on any atom is -0.436 e. The van der Waals surface area contributed by atoms with Crippen LogP contribution >= 0.6 is 0 Å². The largest absolute Gasteiger partial charge is 0.436 e. The molecule has 0 spiro atoms. The highest BCUT2D eigenvalue weighted by Gasteiger charge is 2.17. The van der Waals surface area contributed by atoms with Gasteiger partial charge < -0.3 is 19.4 Å². The van der Waals surface area contributed by atoms with E-state index >= 15 is 0 Å². The van der Waals surface area contributed by atoms with Gasteiger partial charge in [-0.3, -0.25) is 4.79 Å². The van der Waals surface area contributed by atoms with Crippen LogP contribution in [0.5, 0.6) is 0 Å². The van der Waals surface area contributed by atoms with Crippen LogP contribution in [0.2, 0.25) is 0 Å². The second kappa shape index (κ2) is 6.29. The Labute approximate surface area is 137 Å². The number of aromatic nitrogens is 2. The van der Waals surface area contributed by atoms with Gasteiger partial charge in [0.2, 0.25) is 0 Å². The van der Waals surface area contributed by atoms with Crippen LogP contribution in [0.4, 0.5) is 17.5 Å². The number of nitrogens with one attached hydrogen (secondary N) is 1. The van der Waals surface area contributed by atoms with Crippen LogP contribution in [0, 0.1) is 0 Å². The van der Waals surface area contributed by atoms with Crippen LogP contribution in [0.15, 0.2) is 51.9 Å². The predicted octanol–water partition coefficient (Wildman–Crippen LogP) is 2.16. The van der Waals surface area contributed by atoms with Gasteiger partial charge in [-0.25, -0.2) is 9.97 Å². The number of fused-ring (bicyclic) bond motifs is 1. The second-order valence-electron chi connectivity index (χ2n) is 5.42. The molecule has 0 saturated carbocycles. The molecule has 0 unspecified atom stereocenters. The Morgan fingerprint density at radius 1 is 1.08 bits per heavy atom. The average molecular weight is 324 g/mol. The second-order valence-corrected chi connectivity index (χ2v) is 5.42. The molecule has 0 amide bonds. The van der Waals surface area contributed by atoms with Crippen LogP contribution in [0.3, 0.4) is 0 Å². The highest BCUT2D eigenvalue weighted by molar-refractivity contribution is 5.88. The van der Waals surface area contributed by atoms with Crippen molar-refractivity contribution in [2.45, 2.75) is 0 Å². The zero-order chi connectivity index (χ0) is 16.4. The summed E-state index contributed by atoms with van der Waals surface area (Å²) >= 11 is 0. The van der Waals surface area contributed by atoms with Crippen molar-refractivity contribution in [1.29, 1.82) is 0 Å². The number of anilines is 3. The minimum atomic E-state index is -0.0933. The van der Waals surface area contributed by atoms with Crippen molar-refractivity contribution in [3.05, 3.63) is 52.9 Å². The van der Waals surface area contributed by atoms with Gasteiger partial charge in [-0.15, -0.1) is 0 Å². The quantitative estimate of drug-likeness (QED) is 0.790. The first-order chi connectivity index (χ1) is 11.8. The van der Waals surface area contributed by atoms with Crippen LogP contribution in [-0.2, 0) is 4.74 Å². The smallest absolute Gasteiger partial charge is 0.200 e. The molecule has 3 aromatic heterocycles. The summed E-state index contributed by atoms with van der Waals surface area (Å²) in [7, 11) is 0. The number of ether oxygens (including phenoxy) is 1. The molecule has 7 nitrogen and oxygen atoms in total. The van der Waals surface area contributed by atoms with Gasteiger partial charge in [0.25, 0.3) is 0 Å². The molecular weight excluding hydrogens is 308 g/mol. The monoisotopic (exact) mass is 324 g/mol. The van der Waals surface area contributed by atoms with E-state index in [4.69, 9.17) is 9.15 Å². The van der Waals surface area contributed by atoms with Crippen LogP contribution < -0.4 is 15.6 Å². The van der Waals surface area contributed by atoms with E-state index in [9.17, 15) is 4.79 Å². The SMILES string of the molecule is O=c1cc(N2CCOCC2)oc2c(Nc3ccccn3)nccc12. The third-order valence-electron chi connectivity index (χ3n) is 3.87. The molecule has 7 heteroatoms. The maximum atomic E-state index is 12.5. The van der Waals surface area contributed by atoms with Crippen molar-refractivity contribution in [3.8, 4) is 0 Å². The summed E-state index contributed by atoms with van der Waals surface area (Å²) in [6.07, 6.45) is 3.27. The highest BCUT2D eigenvalue weighted by atomic mass is 16.5. The van der Waals surface area contributed by atoms with E-state index < -0.39 is 0 Å². The molecule has 122 valence electrons. The number of nitrogens with zero attached hydrogens (tertiary/aromatic N) is 3. The lowest BCUT2D eigenvalue weighted by Gasteiger charge is -2.27. The normalized spacial score (nSPS) is 14.8. The number of hydrogen-bond acceptors (Lipinski definition) is 7. The lowest BCUT2D eigenvalue weighted by molar-refractivity contribution is 0.121. The molecule has 3 aromatic rings. The zero-order valence-corrected chi connectivity index (χ0v) is 12.9. The minimum absolute atomic E-state index is 0.0933. The fourth-order valence-electron chi connectivity index (χ4n) is 2.66. The zero-order valence-electron chi connectivity index (χ0n) is 12.9. The summed E-state index contributed by atoms with van der Waals surface area (Å²) < 4.78 is 11.4. The van der Waals surface area contributed by atoms with Gasteiger partial charge in [-0.05, 0) is 18.2 Å². The molecule has 0 bridgehead atoms. The predicted molar refractivity (Wildman–Crippen MR) is 90.8 cm³/mol. The maximum absolute atomic E-state index is 12.5. The van der Waals surface area contributed by atoms with Gasteiger partial charge >= 0.3 is 0 Å². The van der Waals surface area contributed by atoms with E-state index in [0.717, 1.165) is 0 Å². The van der Waals surface area contributed by atoms with Gasteiger partial charge in [0.1, 0.15) is 5.82 Å². The Hall–Kier alpha value is -2.93. The van der Waals surface area contributed by atoms with Crippen molar-refractivity contribution in [1.82, 2.24) is 9.97 Å². The standard InChI is InChI=1S/C17H16N4O3/c22-13-11-15(21-7-9-23-10-8-21)24-16-12(13)4-6-19-17(16)20-14-3-1-2-5-18-14/h1-6,11H,7-10H2,(H,18,19,20). The first-order valence-electron chi connectivity index (χ1n) is 7.75. The van der Waals surface area contributed by atoms with E-state index in [1.54, 1.807) is 18.5 Å². The third-order valence-corrected chi connectivity index (χ3v) is 3.87. The maximum Gasteiger partial charge on any atom is 0.200 e. The summed E-state index contributed by atoms with van der Waals surface area (Å²) in [6, 6.07) is 8.71. The molecule has 0 atom stereocenters. The fourth-order valence-corrected chi connectivity index (χ4v) is 2.66. The fraction of sp³-hybridized carbons (Fsp3) is 0.235. The molecule has 0 aromatic carbocycles. The molecule has 1 saturated heterocycles. The van der Waals surface area contributed by atoms with Gasteiger partial charge in [0.05, 0.1) is 18.6 Å². The number of rotatable bonds is 3. The first-order valence-corrected chi connectivity index (χ1v) is 7.75. The first kappa shape index (κ1) is 14.6. The summed E-state index contributed by atoms with van der Waals surface area (Å²) in [5.74, 6) is 1.64. The van der Waals surface area contributed by atoms with Crippen LogP contribution in [0.25, 0.3) is 11.0 Å². The van der Waals surface area contributed by atoms with E-state index in [-0.39, 0.29) is 5.43 Å². The van der Waals surface area contributed by atoms with Gasteiger partial charge in [0.15, 0.2) is 22.7 Å². The molecule has 4 rings (SSSR count). The molecule has 24 heavy (non-hydrogen) atoms. The van der Waals surface area contributed by atoms with E-state index in [1.165, 1.54) is 6.07 Å². The van der Waals surface area contributed by atoms with Gasteiger partial charge in [-0.2, -0.15) is 0 Å². The summed E-state index contributed by atoms with van der Waals surface area (Å²) in [6.45, 7) is 2.62. The number of morpholine rings is 1. The summed E-state index contributed by atoms with van der Waals surface area (Å²) in [5, 5.41) is 3.59. The van der Waals surface area contributed by atoms with Crippen molar-refractivity contribution in [2.24, 2.45) is 0 Å². The highest BCUT2D eigenvalue weighted by Crippen LogP contribution is 2.26. The van der Waals surface area contributed by atoms with Crippen molar-refractivity contribution in [3.63, 3.8) is 0 Å². The Morgan fingerprint density at radius 2 is 1.96 bits per heavy atom. The molecule has 4 heterocycles. The van der Waals surface area contributed by atoms with Gasteiger partial charge in [0, 0.05) is 31.5 Å². The Morgan fingerprint density at radius 3 is 2.75 bits per heavy atom. The lowest BCUT2D eigenvalue weighted by Crippen LogP contribution is -2.36. The molecule has 1 aliphatic rings. The molecule has 1 aliphatic heterocycles. The molecule has 1 N–H and O–H groups in total. The van der Waals surface area contributed by atoms with E-state index in [0.29, 0.717) is 54.8 Å².